The van der Waals surface area contributed by atoms with Gasteiger partial charge in [-0.2, -0.15) is 0 Å². The first kappa shape index (κ1) is 30.5. The van der Waals surface area contributed by atoms with Crippen molar-refractivity contribution in [1.29, 1.82) is 0 Å². The van der Waals surface area contributed by atoms with E-state index in [0.717, 1.165) is 42.5 Å². The fourth-order valence-electron chi connectivity index (χ4n) is 7.15. The third kappa shape index (κ3) is 7.52. The predicted octanol–water partition coefficient (Wildman–Crippen LogP) is 4.14. The van der Waals surface area contributed by atoms with E-state index in [1.165, 1.54) is 12.8 Å². The van der Waals surface area contributed by atoms with Crippen molar-refractivity contribution in [3.8, 4) is 0 Å². The van der Waals surface area contributed by atoms with Gasteiger partial charge >= 0.3 is 6.09 Å². The van der Waals surface area contributed by atoms with Crippen molar-refractivity contribution < 1.29 is 24.5 Å². The molecule has 0 aromatic heterocycles. The van der Waals surface area contributed by atoms with Gasteiger partial charge in [0.1, 0.15) is 5.60 Å². The van der Waals surface area contributed by atoms with E-state index in [-0.39, 0.29) is 12.5 Å². The zero-order chi connectivity index (χ0) is 29.9. The van der Waals surface area contributed by atoms with Crippen LogP contribution in [0.25, 0.3) is 0 Å². The Morgan fingerprint density at radius 1 is 1.02 bits per heavy atom. The average molecular weight is 578 g/mol. The Labute approximate surface area is 249 Å². The van der Waals surface area contributed by atoms with Crippen LogP contribution in [0.4, 0.5) is 4.79 Å². The zero-order valence-corrected chi connectivity index (χ0v) is 25.2. The van der Waals surface area contributed by atoms with Gasteiger partial charge in [0.15, 0.2) is 0 Å². The van der Waals surface area contributed by atoms with Gasteiger partial charge < -0.3 is 25.6 Å². The second-order valence-electron chi connectivity index (χ2n) is 13.5. The Hall–Kier alpha value is -2.94. The monoisotopic (exact) mass is 577 g/mol. The second kappa shape index (κ2) is 13.1. The Morgan fingerprint density at radius 2 is 1.71 bits per heavy atom. The fraction of sp³-hybridized carbons (Fsp3) is 0.588. The van der Waals surface area contributed by atoms with E-state index in [0.29, 0.717) is 24.7 Å². The van der Waals surface area contributed by atoms with Gasteiger partial charge in [0.05, 0.1) is 30.3 Å². The first-order chi connectivity index (χ1) is 20.1. The number of benzene rings is 2. The minimum absolute atomic E-state index is 0.105. The molecule has 228 valence electrons. The second-order valence-corrected chi connectivity index (χ2v) is 13.5. The molecule has 8 heteroatoms. The van der Waals surface area contributed by atoms with Crippen LogP contribution in [0.15, 0.2) is 54.6 Å². The molecule has 2 aromatic rings. The molecule has 0 spiro atoms. The number of alkyl carbamates (subject to hydrolysis) is 1. The van der Waals surface area contributed by atoms with Crippen molar-refractivity contribution in [3.63, 3.8) is 0 Å². The molecule has 2 fully saturated rings. The van der Waals surface area contributed by atoms with Gasteiger partial charge in [-0.3, -0.25) is 9.69 Å². The lowest BCUT2D eigenvalue weighted by Gasteiger charge is -2.46. The number of amides is 2. The van der Waals surface area contributed by atoms with Crippen LogP contribution in [-0.2, 0) is 22.4 Å². The summed E-state index contributed by atoms with van der Waals surface area (Å²) in [6, 6.07) is 16.2. The summed E-state index contributed by atoms with van der Waals surface area (Å²) >= 11 is 0. The third-order valence-corrected chi connectivity index (χ3v) is 9.19. The Balaban J connectivity index is 1.34. The average Bonchev–Trinajstić information content (AvgIpc) is 3.26. The topological polar surface area (TPSA) is 111 Å². The number of likely N-dealkylation sites (tertiary alicyclic amines) is 1. The lowest BCUT2D eigenvalue weighted by Crippen LogP contribution is -2.59. The molecule has 0 radical (unpaired) electrons. The maximum Gasteiger partial charge on any atom is 0.407 e. The van der Waals surface area contributed by atoms with E-state index in [1.807, 2.05) is 75.4 Å². The fourth-order valence-corrected chi connectivity index (χ4v) is 7.15. The van der Waals surface area contributed by atoms with Crippen molar-refractivity contribution in [2.24, 2.45) is 11.8 Å². The number of aliphatic hydroxyl groups is 2. The van der Waals surface area contributed by atoms with Crippen molar-refractivity contribution in [3.05, 3.63) is 71.3 Å². The molecular formula is C34H47N3O5. The summed E-state index contributed by atoms with van der Waals surface area (Å²) in [5, 5.41) is 28.5. The van der Waals surface area contributed by atoms with Crippen LogP contribution in [-0.4, -0.2) is 70.1 Å². The Bertz CT molecular complexity index is 1220. The molecule has 2 aromatic carbocycles. The molecule has 1 heterocycles. The normalized spacial score (nSPS) is 27.3. The van der Waals surface area contributed by atoms with Crippen LogP contribution < -0.4 is 10.6 Å². The number of rotatable bonds is 8. The van der Waals surface area contributed by atoms with Crippen LogP contribution in [0.2, 0.25) is 0 Å². The van der Waals surface area contributed by atoms with Crippen molar-refractivity contribution in [2.75, 3.05) is 13.1 Å². The Morgan fingerprint density at radius 3 is 2.45 bits per heavy atom. The number of piperidine rings is 1. The zero-order valence-electron chi connectivity index (χ0n) is 25.2. The number of ether oxygens (including phenoxy) is 1. The summed E-state index contributed by atoms with van der Waals surface area (Å²) < 4.78 is 5.53. The van der Waals surface area contributed by atoms with Crippen molar-refractivity contribution in [1.82, 2.24) is 15.5 Å². The third-order valence-electron chi connectivity index (χ3n) is 9.19. The van der Waals surface area contributed by atoms with E-state index in [9.17, 15) is 19.8 Å². The molecule has 0 bridgehead atoms. The number of hydrogen-bond donors (Lipinski definition) is 4. The van der Waals surface area contributed by atoms with Gasteiger partial charge in [0.2, 0.25) is 5.91 Å². The lowest BCUT2D eigenvalue weighted by atomic mass is 9.72. The molecule has 42 heavy (non-hydrogen) atoms. The molecule has 2 amide bonds. The molecule has 8 nitrogen and oxygen atoms in total. The molecule has 5 rings (SSSR count). The standard InChI is InChI=1S/C34H47N3O5/c1-34(2,3)42-33(41)35-27(17-22-11-5-4-6-12-22)30(39)21-37-20-25-15-8-7-13-23(25)18-28(37)32(40)36-31-26-16-10-9-14-24(26)19-29(31)38/h4-6,9-12,14,16,23,25,27-31,38-39H,7-8,13,15,17-21H2,1-3H3,(H,35,41)(H,36,40)/t23-,25+,27-,28-,29+,30+,31-/m0/s1. The van der Waals surface area contributed by atoms with E-state index in [2.05, 4.69) is 15.5 Å². The minimum Gasteiger partial charge on any atom is -0.444 e. The number of aliphatic hydroxyl groups excluding tert-OH is 2. The molecular weight excluding hydrogens is 530 g/mol. The summed E-state index contributed by atoms with van der Waals surface area (Å²) in [7, 11) is 0. The highest BCUT2D eigenvalue weighted by molar-refractivity contribution is 5.82. The van der Waals surface area contributed by atoms with Gasteiger partial charge in [-0.25, -0.2) is 4.79 Å². The number of hydrogen-bond acceptors (Lipinski definition) is 6. The molecule has 0 unspecified atom stereocenters. The largest absolute Gasteiger partial charge is 0.444 e. The number of carbonyl (C=O) groups excluding carboxylic acids is 2. The SMILES string of the molecule is CC(C)(C)OC(=O)N[C@@H](Cc1ccccc1)[C@H](O)CN1C[C@H]2CCCC[C@H]2C[C@H]1C(=O)N[C@H]1c2ccccc2C[C@H]1O. The van der Waals surface area contributed by atoms with E-state index in [4.69, 9.17) is 4.74 Å². The van der Waals surface area contributed by atoms with Crippen molar-refractivity contribution in [2.45, 2.75) is 102 Å². The molecule has 7 atom stereocenters. The number of carbonyl (C=O) groups is 2. The van der Waals surface area contributed by atoms with Crippen LogP contribution in [0.3, 0.4) is 0 Å². The van der Waals surface area contributed by atoms with Crippen LogP contribution >= 0.6 is 0 Å². The first-order valence-corrected chi connectivity index (χ1v) is 15.6. The van der Waals surface area contributed by atoms with Gasteiger partial charge in [-0.15, -0.1) is 0 Å². The maximum atomic E-state index is 13.9. The number of nitrogens with one attached hydrogen (secondary N) is 2. The quantitative estimate of drug-likeness (QED) is 0.376. The highest BCUT2D eigenvalue weighted by Gasteiger charge is 2.43. The molecule has 2 aliphatic carbocycles. The first-order valence-electron chi connectivity index (χ1n) is 15.6. The molecule has 1 saturated heterocycles. The molecule has 1 saturated carbocycles. The summed E-state index contributed by atoms with van der Waals surface area (Å²) in [4.78, 5) is 28.9. The predicted molar refractivity (Wildman–Crippen MR) is 162 cm³/mol. The van der Waals surface area contributed by atoms with Crippen LogP contribution in [0.1, 0.15) is 75.6 Å². The van der Waals surface area contributed by atoms with Crippen molar-refractivity contribution >= 4 is 12.0 Å². The Kier molecular flexibility index (Phi) is 9.55. The lowest BCUT2D eigenvalue weighted by molar-refractivity contribution is -0.132. The minimum atomic E-state index is -0.925. The van der Waals surface area contributed by atoms with Crippen LogP contribution in [0.5, 0.6) is 0 Å². The molecule has 1 aliphatic heterocycles. The molecule has 3 aliphatic rings. The number of β-amino-alcohol motifs (C(OH)–C–C–N with tert-alkyl or cyclic N) is 1. The van der Waals surface area contributed by atoms with Gasteiger partial charge in [-0.1, -0.05) is 73.9 Å². The van der Waals surface area contributed by atoms with Gasteiger partial charge in [0, 0.05) is 19.5 Å². The van der Waals surface area contributed by atoms with E-state index >= 15 is 0 Å². The number of nitrogens with zero attached hydrogens (tertiary/aromatic N) is 1. The van der Waals surface area contributed by atoms with Gasteiger partial charge in [0.25, 0.3) is 0 Å². The molecule has 4 N–H and O–H groups in total. The highest BCUT2D eigenvalue weighted by atomic mass is 16.6. The summed E-state index contributed by atoms with van der Waals surface area (Å²) in [6.07, 6.45) is 4.16. The van der Waals surface area contributed by atoms with E-state index < -0.39 is 42.0 Å². The number of fused-ring (bicyclic) bond motifs is 2. The van der Waals surface area contributed by atoms with Gasteiger partial charge in [-0.05, 0) is 68.6 Å². The summed E-state index contributed by atoms with van der Waals surface area (Å²) in [5.41, 5.74) is 2.37. The smallest absolute Gasteiger partial charge is 0.407 e. The summed E-state index contributed by atoms with van der Waals surface area (Å²) in [6.45, 7) is 6.41. The highest BCUT2D eigenvalue weighted by Crippen LogP contribution is 2.39. The van der Waals surface area contributed by atoms with E-state index in [1.54, 1.807) is 0 Å². The van der Waals surface area contributed by atoms with Crippen LogP contribution in [0, 0.1) is 11.8 Å². The maximum absolute atomic E-state index is 13.9. The summed E-state index contributed by atoms with van der Waals surface area (Å²) in [5.74, 6) is 0.856.